The van der Waals surface area contributed by atoms with E-state index in [9.17, 15) is 4.79 Å². The molecule has 1 heterocycles. The van der Waals surface area contributed by atoms with Gasteiger partial charge in [0.05, 0.1) is 7.11 Å². The number of hydrogen-bond acceptors (Lipinski definition) is 3. The highest BCUT2D eigenvalue weighted by Gasteiger charge is 2.29. The van der Waals surface area contributed by atoms with E-state index in [0.717, 1.165) is 6.42 Å². The molecule has 0 radical (unpaired) electrons. The fourth-order valence-electron chi connectivity index (χ4n) is 1.84. The molecule has 0 spiro atoms. The Morgan fingerprint density at radius 1 is 1.62 bits per heavy atom. The minimum Gasteiger partial charge on any atom is -0.469 e. The molecule has 0 saturated carbocycles. The van der Waals surface area contributed by atoms with E-state index in [1.54, 1.807) is 0 Å². The molecule has 0 bridgehead atoms. The normalized spacial score (nSPS) is 25.9. The van der Waals surface area contributed by atoms with E-state index in [-0.39, 0.29) is 11.5 Å². The maximum Gasteiger partial charge on any atom is 0.305 e. The summed E-state index contributed by atoms with van der Waals surface area (Å²) in [6.07, 6.45) is 3.79. The number of carbonyl (C=O) groups excluding carboxylic acids is 1. The second-order valence-corrected chi connectivity index (χ2v) is 4.38. The molecule has 1 N–H and O–H groups in total. The lowest BCUT2D eigenvalue weighted by atomic mass is 10.0. The lowest BCUT2D eigenvalue weighted by Crippen LogP contribution is -2.37. The largest absolute Gasteiger partial charge is 0.469 e. The minimum absolute atomic E-state index is 0.105. The van der Waals surface area contributed by atoms with Gasteiger partial charge in [-0.15, -0.1) is 0 Å². The number of methoxy groups -OCH3 is 1. The van der Waals surface area contributed by atoms with Crippen LogP contribution in [-0.2, 0) is 9.53 Å². The molecular weight excluding hydrogens is 166 g/mol. The Balaban J connectivity index is 2.21. The Bertz CT molecular complexity index is 189. The summed E-state index contributed by atoms with van der Waals surface area (Å²) in [6, 6.07) is 0.495. The summed E-state index contributed by atoms with van der Waals surface area (Å²) in [5.41, 5.74) is 0.251. The average Bonchev–Trinajstić information content (AvgIpc) is 2.41. The number of rotatable bonds is 3. The van der Waals surface area contributed by atoms with Crippen LogP contribution in [0.3, 0.4) is 0 Å². The van der Waals surface area contributed by atoms with E-state index >= 15 is 0 Å². The number of esters is 1. The van der Waals surface area contributed by atoms with Crippen molar-refractivity contribution >= 4 is 5.97 Å². The summed E-state index contributed by atoms with van der Waals surface area (Å²) in [7, 11) is 1.44. The highest BCUT2D eigenvalue weighted by atomic mass is 16.5. The molecule has 1 saturated heterocycles. The smallest absolute Gasteiger partial charge is 0.305 e. The maximum absolute atomic E-state index is 10.9. The first-order valence-electron chi connectivity index (χ1n) is 4.88. The second-order valence-electron chi connectivity index (χ2n) is 4.38. The van der Waals surface area contributed by atoms with Crippen molar-refractivity contribution in [2.75, 3.05) is 7.11 Å². The van der Waals surface area contributed by atoms with E-state index in [1.165, 1.54) is 20.0 Å². The van der Waals surface area contributed by atoms with Crippen molar-refractivity contribution in [3.05, 3.63) is 0 Å². The molecule has 1 aliphatic heterocycles. The van der Waals surface area contributed by atoms with Crippen LogP contribution in [0.2, 0.25) is 0 Å². The Hall–Kier alpha value is -0.570. The first kappa shape index (κ1) is 10.5. The van der Waals surface area contributed by atoms with Gasteiger partial charge in [0.25, 0.3) is 0 Å². The lowest BCUT2D eigenvalue weighted by Gasteiger charge is -2.19. The number of nitrogens with one attached hydrogen (secondary N) is 1. The molecule has 1 atom stereocenters. The summed E-state index contributed by atoms with van der Waals surface area (Å²) < 4.78 is 4.60. The monoisotopic (exact) mass is 185 g/mol. The Morgan fingerprint density at radius 2 is 2.31 bits per heavy atom. The maximum atomic E-state index is 10.9. The molecule has 1 fully saturated rings. The molecule has 0 aromatic carbocycles. The van der Waals surface area contributed by atoms with Crippen LogP contribution in [0.5, 0.6) is 0 Å². The number of ether oxygens (including phenoxy) is 1. The summed E-state index contributed by atoms with van der Waals surface area (Å²) >= 11 is 0. The Morgan fingerprint density at radius 3 is 2.77 bits per heavy atom. The second kappa shape index (κ2) is 4.09. The molecule has 3 nitrogen and oxygen atoms in total. The molecule has 0 aromatic rings. The number of hydrogen-bond donors (Lipinski definition) is 1. The van der Waals surface area contributed by atoms with Crippen LogP contribution in [0.25, 0.3) is 0 Å². The zero-order valence-electron chi connectivity index (χ0n) is 8.72. The Labute approximate surface area is 79.8 Å². The quantitative estimate of drug-likeness (QED) is 0.677. The van der Waals surface area contributed by atoms with Crippen LogP contribution >= 0.6 is 0 Å². The van der Waals surface area contributed by atoms with Gasteiger partial charge in [0.15, 0.2) is 0 Å². The topological polar surface area (TPSA) is 38.3 Å². The van der Waals surface area contributed by atoms with Crippen molar-refractivity contribution in [1.82, 2.24) is 5.32 Å². The first-order chi connectivity index (χ1) is 6.03. The molecule has 3 heteroatoms. The van der Waals surface area contributed by atoms with Crippen molar-refractivity contribution in [1.29, 1.82) is 0 Å². The van der Waals surface area contributed by atoms with Crippen molar-refractivity contribution in [2.24, 2.45) is 0 Å². The van der Waals surface area contributed by atoms with Gasteiger partial charge in [0, 0.05) is 18.0 Å². The van der Waals surface area contributed by atoms with Gasteiger partial charge in [-0.1, -0.05) is 0 Å². The zero-order chi connectivity index (χ0) is 9.90. The van der Waals surface area contributed by atoms with Gasteiger partial charge in [-0.2, -0.15) is 0 Å². The third-order valence-electron chi connectivity index (χ3n) is 2.64. The first-order valence-corrected chi connectivity index (χ1v) is 4.88. The van der Waals surface area contributed by atoms with Crippen LogP contribution in [0.4, 0.5) is 0 Å². The van der Waals surface area contributed by atoms with Gasteiger partial charge in [0.2, 0.25) is 0 Å². The third-order valence-corrected chi connectivity index (χ3v) is 2.64. The molecule has 1 aliphatic rings. The zero-order valence-corrected chi connectivity index (χ0v) is 8.72. The van der Waals surface area contributed by atoms with Crippen LogP contribution in [-0.4, -0.2) is 24.7 Å². The predicted molar refractivity (Wildman–Crippen MR) is 51.5 cm³/mol. The van der Waals surface area contributed by atoms with Gasteiger partial charge in [-0.3, -0.25) is 4.79 Å². The van der Waals surface area contributed by atoms with Crippen LogP contribution < -0.4 is 5.32 Å². The van der Waals surface area contributed by atoms with Crippen LogP contribution in [0.1, 0.15) is 39.5 Å². The summed E-state index contributed by atoms with van der Waals surface area (Å²) in [6.45, 7) is 4.40. The van der Waals surface area contributed by atoms with E-state index in [0.29, 0.717) is 12.5 Å². The van der Waals surface area contributed by atoms with Gasteiger partial charge in [-0.05, 0) is 33.1 Å². The van der Waals surface area contributed by atoms with Gasteiger partial charge in [0.1, 0.15) is 0 Å². The van der Waals surface area contributed by atoms with Crippen LogP contribution in [0.15, 0.2) is 0 Å². The van der Waals surface area contributed by atoms with E-state index in [1.807, 2.05) is 0 Å². The summed E-state index contributed by atoms with van der Waals surface area (Å²) in [5, 5.41) is 3.50. The van der Waals surface area contributed by atoms with E-state index in [4.69, 9.17) is 0 Å². The molecule has 76 valence electrons. The summed E-state index contributed by atoms with van der Waals surface area (Å²) in [5.74, 6) is -0.105. The average molecular weight is 185 g/mol. The molecule has 1 unspecified atom stereocenters. The number of carbonyl (C=O) groups is 1. The fourth-order valence-corrected chi connectivity index (χ4v) is 1.84. The molecule has 1 rings (SSSR count). The minimum atomic E-state index is -0.105. The van der Waals surface area contributed by atoms with Crippen LogP contribution in [0, 0.1) is 0 Å². The van der Waals surface area contributed by atoms with Crippen molar-refractivity contribution in [3.63, 3.8) is 0 Å². The fraction of sp³-hybridized carbons (Fsp3) is 0.900. The van der Waals surface area contributed by atoms with Gasteiger partial charge >= 0.3 is 5.97 Å². The van der Waals surface area contributed by atoms with Gasteiger partial charge < -0.3 is 10.1 Å². The highest BCUT2D eigenvalue weighted by Crippen LogP contribution is 2.24. The molecular formula is C10H19NO2. The third kappa shape index (κ3) is 3.35. The molecule has 13 heavy (non-hydrogen) atoms. The summed E-state index contributed by atoms with van der Waals surface area (Å²) in [4.78, 5) is 10.9. The van der Waals surface area contributed by atoms with Crippen molar-refractivity contribution in [2.45, 2.75) is 51.1 Å². The standard InChI is InChI=1S/C10H19NO2/c1-10(2)7-6-8(11-10)4-5-9(12)13-3/h8,11H,4-7H2,1-3H3. The molecule has 0 aliphatic carbocycles. The lowest BCUT2D eigenvalue weighted by molar-refractivity contribution is -0.140. The highest BCUT2D eigenvalue weighted by molar-refractivity contribution is 5.69. The Kier molecular flexibility index (Phi) is 3.31. The molecule has 0 aromatic heterocycles. The van der Waals surface area contributed by atoms with E-state index in [2.05, 4.69) is 23.9 Å². The molecule has 0 amide bonds. The van der Waals surface area contributed by atoms with Crippen molar-refractivity contribution in [3.8, 4) is 0 Å². The van der Waals surface area contributed by atoms with Crippen molar-refractivity contribution < 1.29 is 9.53 Å². The van der Waals surface area contributed by atoms with E-state index < -0.39 is 0 Å². The SMILES string of the molecule is COC(=O)CCC1CCC(C)(C)N1. The predicted octanol–water partition coefficient (Wildman–Crippen LogP) is 1.47. The van der Waals surface area contributed by atoms with Gasteiger partial charge in [-0.25, -0.2) is 0 Å².